The van der Waals surface area contributed by atoms with Gasteiger partial charge in [-0.2, -0.15) is 0 Å². The monoisotopic (exact) mass is 292 g/mol. The number of nitrogens with two attached hydrogens (primary N) is 1. The van der Waals surface area contributed by atoms with E-state index >= 15 is 0 Å². The van der Waals surface area contributed by atoms with Gasteiger partial charge in [0, 0.05) is 18.6 Å². The van der Waals surface area contributed by atoms with E-state index in [1.165, 1.54) is 6.07 Å². The van der Waals surface area contributed by atoms with Gasteiger partial charge >= 0.3 is 0 Å². The summed E-state index contributed by atoms with van der Waals surface area (Å²) < 4.78 is 14.1. The molecule has 2 nitrogen and oxygen atoms in total. The molecular formula is C16H18ClFN2. The summed E-state index contributed by atoms with van der Waals surface area (Å²) in [6, 6.07) is 12.7. The first kappa shape index (κ1) is 14.8. The van der Waals surface area contributed by atoms with Crippen LogP contribution < -0.4 is 10.6 Å². The lowest BCUT2D eigenvalue weighted by Crippen LogP contribution is -2.22. The van der Waals surface area contributed by atoms with Crippen molar-refractivity contribution in [3.05, 3.63) is 64.4 Å². The predicted octanol–water partition coefficient (Wildman–Crippen LogP) is 4.14. The van der Waals surface area contributed by atoms with Crippen LogP contribution in [0, 0.1) is 5.82 Å². The van der Waals surface area contributed by atoms with E-state index in [1.54, 1.807) is 6.07 Å². The van der Waals surface area contributed by atoms with Crippen LogP contribution in [0.2, 0.25) is 5.02 Å². The lowest BCUT2D eigenvalue weighted by atomic mass is 10.1. The number of halogens is 2. The van der Waals surface area contributed by atoms with Crippen molar-refractivity contribution in [2.75, 3.05) is 11.9 Å². The summed E-state index contributed by atoms with van der Waals surface area (Å²) in [5.41, 5.74) is 7.95. The van der Waals surface area contributed by atoms with Crippen molar-refractivity contribution in [1.82, 2.24) is 0 Å². The molecule has 0 aliphatic heterocycles. The Bertz CT molecular complexity index is 584. The SMILES string of the molecule is CC(c1ccc(Cl)cc1)N(C)c1ccc(CN)cc1F. The molecule has 1 atom stereocenters. The molecule has 106 valence electrons. The van der Waals surface area contributed by atoms with Gasteiger partial charge in [-0.3, -0.25) is 0 Å². The third kappa shape index (κ3) is 3.11. The number of hydrogen-bond acceptors (Lipinski definition) is 2. The zero-order chi connectivity index (χ0) is 14.7. The lowest BCUT2D eigenvalue weighted by Gasteiger charge is -2.28. The molecule has 0 saturated heterocycles. The molecule has 1 unspecified atom stereocenters. The highest BCUT2D eigenvalue weighted by atomic mass is 35.5. The second-order valence-electron chi connectivity index (χ2n) is 4.83. The van der Waals surface area contributed by atoms with Crippen LogP contribution >= 0.6 is 11.6 Å². The molecule has 0 amide bonds. The molecule has 2 aromatic carbocycles. The van der Waals surface area contributed by atoms with Crippen LogP contribution in [-0.4, -0.2) is 7.05 Å². The van der Waals surface area contributed by atoms with E-state index in [4.69, 9.17) is 17.3 Å². The average molecular weight is 293 g/mol. The number of rotatable bonds is 4. The highest BCUT2D eigenvalue weighted by Crippen LogP contribution is 2.28. The second-order valence-corrected chi connectivity index (χ2v) is 5.26. The molecule has 4 heteroatoms. The minimum Gasteiger partial charge on any atom is -0.365 e. The van der Waals surface area contributed by atoms with Crippen molar-refractivity contribution in [2.45, 2.75) is 19.5 Å². The smallest absolute Gasteiger partial charge is 0.146 e. The van der Waals surface area contributed by atoms with E-state index in [0.29, 0.717) is 17.3 Å². The van der Waals surface area contributed by atoms with Gasteiger partial charge in [0.05, 0.1) is 11.7 Å². The fourth-order valence-corrected chi connectivity index (χ4v) is 2.26. The zero-order valence-electron chi connectivity index (χ0n) is 11.6. The number of hydrogen-bond donors (Lipinski definition) is 1. The first-order valence-corrected chi connectivity index (χ1v) is 6.87. The molecule has 0 spiro atoms. The maximum atomic E-state index is 14.1. The van der Waals surface area contributed by atoms with Gasteiger partial charge in [0.2, 0.25) is 0 Å². The van der Waals surface area contributed by atoms with Gasteiger partial charge in [-0.05, 0) is 42.3 Å². The van der Waals surface area contributed by atoms with Gasteiger partial charge in [-0.15, -0.1) is 0 Å². The number of benzene rings is 2. The van der Waals surface area contributed by atoms with Gasteiger partial charge in [-0.1, -0.05) is 29.8 Å². The quantitative estimate of drug-likeness (QED) is 0.918. The van der Waals surface area contributed by atoms with Crippen LogP contribution in [0.25, 0.3) is 0 Å². The lowest BCUT2D eigenvalue weighted by molar-refractivity contribution is 0.609. The van der Waals surface area contributed by atoms with Crippen molar-refractivity contribution >= 4 is 17.3 Å². The van der Waals surface area contributed by atoms with E-state index in [1.807, 2.05) is 49.2 Å². The molecule has 2 rings (SSSR count). The van der Waals surface area contributed by atoms with Gasteiger partial charge in [0.15, 0.2) is 0 Å². The number of nitrogens with zero attached hydrogens (tertiary/aromatic N) is 1. The van der Waals surface area contributed by atoms with Gasteiger partial charge in [0.25, 0.3) is 0 Å². The Morgan fingerprint density at radius 2 is 1.85 bits per heavy atom. The summed E-state index contributed by atoms with van der Waals surface area (Å²) >= 11 is 5.89. The van der Waals surface area contributed by atoms with Crippen molar-refractivity contribution in [2.24, 2.45) is 5.73 Å². The van der Waals surface area contributed by atoms with E-state index in [2.05, 4.69) is 0 Å². The highest BCUT2D eigenvalue weighted by molar-refractivity contribution is 6.30. The third-order valence-corrected chi connectivity index (χ3v) is 3.81. The fourth-order valence-electron chi connectivity index (χ4n) is 2.14. The summed E-state index contributed by atoms with van der Waals surface area (Å²) in [5.74, 6) is -0.253. The Labute approximate surface area is 124 Å². The van der Waals surface area contributed by atoms with Crippen molar-refractivity contribution < 1.29 is 4.39 Å². The first-order chi connectivity index (χ1) is 9.52. The van der Waals surface area contributed by atoms with Crippen LogP contribution in [0.5, 0.6) is 0 Å². The van der Waals surface area contributed by atoms with Gasteiger partial charge < -0.3 is 10.6 Å². The first-order valence-electron chi connectivity index (χ1n) is 6.49. The Balaban J connectivity index is 2.26. The molecule has 0 bridgehead atoms. The molecule has 2 N–H and O–H groups in total. The van der Waals surface area contributed by atoms with E-state index in [0.717, 1.165) is 11.1 Å². The summed E-state index contributed by atoms with van der Waals surface area (Å²) in [7, 11) is 1.87. The minimum atomic E-state index is -0.253. The Morgan fingerprint density at radius 1 is 1.20 bits per heavy atom. The maximum Gasteiger partial charge on any atom is 0.146 e. The predicted molar refractivity (Wildman–Crippen MR) is 82.6 cm³/mol. The van der Waals surface area contributed by atoms with Crippen molar-refractivity contribution in [3.63, 3.8) is 0 Å². The molecule has 0 aromatic heterocycles. The largest absolute Gasteiger partial charge is 0.365 e. The van der Waals surface area contributed by atoms with E-state index < -0.39 is 0 Å². The van der Waals surface area contributed by atoms with Gasteiger partial charge in [0.1, 0.15) is 5.82 Å². The Kier molecular flexibility index (Phi) is 4.63. The zero-order valence-corrected chi connectivity index (χ0v) is 12.4. The molecule has 2 aromatic rings. The van der Waals surface area contributed by atoms with Crippen molar-refractivity contribution in [1.29, 1.82) is 0 Å². The summed E-state index contributed by atoms with van der Waals surface area (Å²) in [6.45, 7) is 2.37. The van der Waals surface area contributed by atoms with E-state index in [-0.39, 0.29) is 11.9 Å². The molecular weight excluding hydrogens is 275 g/mol. The standard InChI is InChI=1S/C16H18ClFN2/c1-11(13-4-6-14(17)7-5-13)20(2)16-8-3-12(10-19)9-15(16)18/h3-9,11H,10,19H2,1-2H3. The van der Waals surface area contributed by atoms with Gasteiger partial charge in [-0.25, -0.2) is 4.39 Å². The van der Waals surface area contributed by atoms with Crippen LogP contribution in [0.15, 0.2) is 42.5 Å². The molecule has 0 heterocycles. The second kappa shape index (κ2) is 6.25. The molecule has 0 saturated carbocycles. The van der Waals surface area contributed by atoms with Crippen molar-refractivity contribution in [3.8, 4) is 0 Å². The molecule has 0 aliphatic rings. The normalized spacial score (nSPS) is 12.2. The highest BCUT2D eigenvalue weighted by Gasteiger charge is 2.15. The fraction of sp³-hybridized carbons (Fsp3) is 0.250. The third-order valence-electron chi connectivity index (χ3n) is 3.56. The van der Waals surface area contributed by atoms with Crippen LogP contribution in [0.3, 0.4) is 0 Å². The maximum absolute atomic E-state index is 14.1. The summed E-state index contributed by atoms with van der Waals surface area (Å²) in [6.07, 6.45) is 0. The van der Waals surface area contributed by atoms with Crippen LogP contribution in [0.4, 0.5) is 10.1 Å². The molecule has 0 radical (unpaired) electrons. The number of anilines is 1. The van der Waals surface area contributed by atoms with Crippen LogP contribution in [-0.2, 0) is 6.54 Å². The summed E-state index contributed by atoms with van der Waals surface area (Å²) in [4.78, 5) is 1.90. The Hall–Kier alpha value is -1.58. The van der Waals surface area contributed by atoms with E-state index in [9.17, 15) is 4.39 Å². The average Bonchev–Trinajstić information content (AvgIpc) is 2.46. The van der Waals surface area contributed by atoms with Crippen LogP contribution in [0.1, 0.15) is 24.1 Å². The molecule has 0 aliphatic carbocycles. The molecule has 20 heavy (non-hydrogen) atoms. The molecule has 0 fully saturated rings. The topological polar surface area (TPSA) is 29.3 Å². The Morgan fingerprint density at radius 3 is 2.40 bits per heavy atom. The minimum absolute atomic E-state index is 0.0468. The summed E-state index contributed by atoms with van der Waals surface area (Å²) in [5, 5.41) is 0.696.